The minimum atomic E-state index is 0.228. The summed E-state index contributed by atoms with van der Waals surface area (Å²) in [6.45, 7) is 2.05. The van der Waals surface area contributed by atoms with Crippen molar-refractivity contribution in [2.24, 2.45) is 0 Å². The van der Waals surface area contributed by atoms with Gasteiger partial charge in [0.1, 0.15) is 0 Å². The summed E-state index contributed by atoms with van der Waals surface area (Å²) >= 11 is 1.71. The Bertz CT molecular complexity index is 588. The molecule has 1 aliphatic heterocycles. The minimum absolute atomic E-state index is 0.228. The fraction of sp³-hybridized carbons (Fsp3) is 0.353. The zero-order valence-electron chi connectivity index (χ0n) is 11.8. The smallest absolute Gasteiger partial charge is 0.158 e. The van der Waals surface area contributed by atoms with Gasteiger partial charge < -0.3 is 4.90 Å². The molecule has 0 fully saturated rings. The second kappa shape index (κ2) is 5.88. The van der Waals surface area contributed by atoms with Crippen LogP contribution in [0.5, 0.6) is 0 Å². The lowest BCUT2D eigenvalue weighted by Crippen LogP contribution is -2.16. The van der Waals surface area contributed by atoms with Gasteiger partial charge >= 0.3 is 0 Å². The highest BCUT2D eigenvalue weighted by atomic mass is 32.2. The Morgan fingerprint density at radius 3 is 3.00 bits per heavy atom. The Balaban J connectivity index is 1.97. The van der Waals surface area contributed by atoms with Gasteiger partial charge in [-0.2, -0.15) is 0 Å². The van der Waals surface area contributed by atoms with Crippen molar-refractivity contribution in [3.63, 3.8) is 0 Å². The molecule has 0 unspecified atom stereocenters. The first kappa shape index (κ1) is 13.5. The number of benzene rings is 1. The van der Waals surface area contributed by atoms with Crippen molar-refractivity contribution >= 4 is 23.2 Å². The first-order valence-electron chi connectivity index (χ1n) is 7.30. The molecule has 0 atom stereocenters. The van der Waals surface area contributed by atoms with E-state index in [0.29, 0.717) is 6.42 Å². The number of hydrogen-bond donors (Lipinski definition) is 0. The van der Waals surface area contributed by atoms with E-state index >= 15 is 0 Å². The largest absolute Gasteiger partial charge is 0.307 e. The highest BCUT2D eigenvalue weighted by Crippen LogP contribution is 2.49. The van der Waals surface area contributed by atoms with E-state index in [1.54, 1.807) is 11.8 Å². The summed E-state index contributed by atoms with van der Waals surface area (Å²) in [7, 11) is 0. The Kier molecular flexibility index (Phi) is 3.97. The molecule has 20 heavy (non-hydrogen) atoms. The summed E-state index contributed by atoms with van der Waals surface area (Å²) < 4.78 is 0. The fourth-order valence-corrected chi connectivity index (χ4v) is 3.84. The van der Waals surface area contributed by atoms with Crippen LogP contribution in [-0.2, 0) is 4.79 Å². The summed E-state index contributed by atoms with van der Waals surface area (Å²) in [4.78, 5) is 15.5. The predicted molar refractivity (Wildman–Crippen MR) is 84.7 cm³/mol. The topological polar surface area (TPSA) is 20.3 Å². The van der Waals surface area contributed by atoms with Crippen molar-refractivity contribution in [1.29, 1.82) is 0 Å². The third-order valence-corrected chi connectivity index (χ3v) is 4.70. The quantitative estimate of drug-likeness (QED) is 0.736. The highest BCUT2D eigenvalue weighted by Gasteiger charge is 2.28. The number of carbonyl (C=O) groups is 1. The third kappa shape index (κ3) is 2.55. The van der Waals surface area contributed by atoms with Crippen molar-refractivity contribution in [3.05, 3.63) is 47.1 Å². The Labute approximate surface area is 124 Å². The van der Waals surface area contributed by atoms with Crippen molar-refractivity contribution < 1.29 is 4.79 Å². The second-order valence-electron chi connectivity index (χ2n) is 5.19. The third-order valence-electron chi connectivity index (χ3n) is 3.63. The van der Waals surface area contributed by atoms with E-state index in [2.05, 4.69) is 35.2 Å². The molecule has 0 N–H and O–H groups in total. The Morgan fingerprint density at radius 2 is 2.25 bits per heavy atom. The van der Waals surface area contributed by atoms with Gasteiger partial charge in [0, 0.05) is 23.1 Å². The predicted octanol–water partition coefficient (Wildman–Crippen LogP) is 4.88. The zero-order chi connectivity index (χ0) is 13.9. The number of carbonyl (C=O) groups excluding carboxylic acids is 1. The van der Waals surface area contributed by atoms with Crippen LogP contribution in [0.25, 0.3) is 0 Å². The van der Waals surface area contributed by atoms with Crippen LogP contribution in [-0.4, -0.2) is 5.78 Å². The van der Waals surface area contributed by atoms with Crippen LogP contribution < -0.4 is 4.90 Å². The van der Waals surface area contributed by atoms with E-state index in [1.807, 2.05) is 13.0 Å². The average Bonchev–Trinajstić information content (AvgIpc) is 3.04. The summed E-state index contributed by atoms with van der Waals surface area (Å²) in [6.07, 6.45) is 9.14. The lowest BCUT2D eigenvalue weighted by molar-refractivity contribution is -0.114. The molecule has 2 aliphatic rings. The molecular formula is C17H19NOS. The summed E-state index contributed by atoms with van der Waals surface area (Å²) in [5, 5.41) is 1.07. The maximum absolute atomic E-state index is 12.0. The van der Waals surface area contributed by atoms with Gasteiger partial charge in [-0.3, -0.25) is 4.79 Å². The maximum Gasteiger partial charge on any atom is 0.158 e. The lowest BCUT2D eigenvalue weighted by Gasteiger charge is -2.21. The van der Waals surface area contributed by atoms with Crippen LogP contribution >= 0.6 is 11.8 Å². The van der Waals surface area contributed by atoms with Crippen molar-refractivity contribution in [2.75, 3.05) is 4.90 Å². The second-order valence-corrected chi connectivity index (χ2v) is 6.25. The van der Waals surface area contributed by atoms with Gasteiger partial charge in [0.05, 0.1) is 10.7 Å². The Morgan fingerprint density at radius 1 is 1.40 bits per heavy atom. The van der Waals surface area contributed by atoms with E-state index in [0.717, 1.165) is 24.3 Å². The molecule has 0 aromatic heterocycles. The van der Waals surface area contributed by atoms with Crippen LogP contribution in [0.3, 0.4) is 0 Å². The van der Waals surface area contributed by atoms with E-state index < -0.39 is 0 Å². The zero-order valence-corrected chi connectivity index (χ0v) is 12.6. The van der Waals surface area contributed by atoms with Crippen molar-refractivity contribution in [1.82, 2.24) is 0 Å². The monoisotopic (exact) mass is 285 g/mol. The van der Waals surface area contributed by atoms with Gasteiger partial charge in [-0.1, -0.05) is 36.9 Å². The first-order chi connectivity index (χ1) is 9.79. The number of nitrogens with zero attached hydrogens (tertiary/aromatic N) is 1. The molecular weight excluding hydrogens is 266 g/mol. The molecule has 1 aromatic rings. The molecule has 1 aromatic carbocycles. The minimum Gasteiger partial charge on any atom is -0.307 e. The van der Waals surface area contributed by atoms with Crippen molar-refractivity contribution in [3.8, 4) is 0 Å². The molecule has 3 rings (SSSR count). The molecule has 1 heterocycles. The molecule has 104 valence electrons. The molecule has 0 radical (unpaired) electrons. The molecule has 0 spiro atoms. The molecule has 0 saturated heterocycles. The summed E-state index contributed by atoms with van der Waals surface area (Å²) in [5.41, 5.74) is 2.57. The van der Waals surface area contributed by atoms with Crippen LogP contribution in [0.2, 0.25) is 0 Å². The SMILES string of the molecule is CCCC(=O)/C=C1\Sc2ccccc2N1C1=CCCC1. The van der Waals surface area contributed by atoms with Gasteiger partial charge in [-0.25, -0.2) is 0 Å². The normalized spacial score (nSPS) is 19.4. The number of para-hydroxylation sites is 1. The van der Waals surface area contributed by atoms with Gasteiger partial charge in [0.15, 0.2) is 5.78 Å². The van der Waals surface area contributed by atoms with Crippen LogP contribution in [0.1, 0.15) is 39.0 Å². The summed E-state index contributed by atoms with van der Waals surface area (Å²) in [5.74, 6) is 0.228. The number of allylic oxidation sites excluding steroid dienone is 3. The molecule has 0 amide bonds. The van der Waals surface area contributed by atoms with Gasteiger partial charge in [0.2, 0.25) is 0 Å². The van der Waals surface area contributed by atoms with E-state index in [-0.39, 0.29) is 5.78 Å². The number of ketones is 1. The molecule has 1 aliphatic carbocycles. The lowest BCUT2D eigenvalue weighted by atomic mass is 10.2. The summed E-state index contributed by atoms with van der Waals surface area (Å²) in [6, 6.07) is 8.41. The number of anilines is 1. The van der Waals surface area contributed by atoms with Gasteiger partial charge in [0.25, 0.3) is 0 Å². The van der Waals surface area contributed by atoms with Crippen LogP contribution in [0.15, 0.2) is 52.0 Å². The number of rotatable bonds is 4. The van der Waals surface area contributed by atoms with Crippen molar-refractivity contribution in [2.45, 2.75) is 43.9 Å². The number of fused-ring (bicyclic) bond motifs is 1. The fourth-order valence-electron chi connectivity index (χ4n) is 2.71. The van der Waals surface area contributed by atoms with Gasteiger partial charge in [-0.15, -0.1) is 0 Å². The standard InChI is InChI=1S/C17H19NOS/c1-2-7-14(19)12-17-18(13-8-3-4-9-13)15-10-5-6-11-16(15)20-17/h5-6,8,10-12H,2-4,7,9H2,1H3/b17-12-. The maximum atomic E-state index is 12.0. The number of thioether (sulfide) groups is 1. The van der Waals surface area contributed by atoms with E-state index in [1.165, 1.54) is 22.7 Å². The van der Waals surface area contributed by atoms with Gasteiger partial charge in [-0.05, 0) is 37.8 Å². The van der Waals surface area contributed by atoms with Crippen LogP contribution in [0, 0.1) is 0 Å². The van der Waals surface area contributed by atoms with E-state index in [9.17, 15) is 4.79 Å². The van der Waals surface area contributed by atoms with Crippen LogP contribution in [0.4, 0.5) is 5.69 Å². The molecule has 0 saturated carbocycles. The molecule has 0 bridgehead atoms. The Hall–Kier alpha value is -1.48. The number of hydrogen-bond acceptors (Lipinski definition) is 3. The first-order valence-corrected chi connectivity index (χ1v) is 8.12. The van der Waals surface area contributed by atoms with E-state index in [4.69, 9.17) is 0 Å². The average molecular weight is 285 g/mol. The highest BCUT2D eigenvalue weighted by molar-refractivity contribution is 8.03. The molecule has 3 heteroatoms. The molecule has 2 nitrogen and oxygen atoms in total.